The van der Waals surface area contributed by atoms with Crippen molar-refractivity contribution >= 4 is 57.4 Å². The Morgan fingerprint density at radius 2 is 1.65 bits per heavy atom. The second-order valence-corrected chi connectivity index (χ2v) is 22.7. The Hall–Kier alpha value is -4.96. The molecule has 0 unspecified atom stereocenters. The zero-order valence-electron chi connectivity index (χ0n) is 40.7. The average Bonchev–Trinajstić information content (AvgIpc) is 3.73. The number of nitrogens with zero attached hydrogens (tertiary/aromatic N) is 5. The van der Waals surface area contributed by atoms with Crippen molar-refractivity contribution in [3.8, 4) is 5.75 Å². The molecule has 386 valence electrons. The largest absolute Gasteiger partial charge is 0.513 e. The number of aliphatic hydroxyl groups is 1. The fourth-order valence-electron chi connectivity index (χ4n) is 9.08. The molecule has 1 aromatic heterocycles. The highest BCUT2D eigenvalue weighted by Gasteiger charge is 2.43. The SMILES string of the molecule is Cc1c(OC(=O)OCCSSCCOC(=O)OC[C@H]2O[C@@H](n3cc(C)c(=O)[nH]c3=O)C[C@@H]2N=[N+]=[N-])cccc1C(=O)C[C@@H](CSc1ccccc1)[C@H](O)CN1C[C@H]2CCCC[C@H]2C[C@H]1C(=O)OC(C)(C)C. The van der Waals surface area contributed by atoms with Gasteiger partial charge in [0, 0.05) is 81.8 Å². The monoisotopic (exact) mass is 1040 g/mol. The van der Waals surface area contributed by atoms with Crippen LogP contribution in [0.4, 0.5) is 9.59 Å². The molecule has 0 amide bonds. The first-order valence-electron chi connectivity index (χ1n) is 23.9. The number of aryl methyl sites for hydroxylation is 1. The van der Waals surface area contributed by atoms with Crippen LogP contribution in [0.1, 0.15) is 93.4 Å². The molecule has 1 aliphatic carbocycles. The van der Waals surface area contributed by atoms with Crippen LogP contribution in [-0.4, -0.2) is 124 Å². The molecule has 2 N–H and O–H groups in total. The van der Waals surface area contributed by atoms with E-state index in [2.05, 4.69) is 19.9 Å². The van der Waals surface area contributed by atoms with E-state index in [0.29, 0.717) is 58.8 Å². The van der Waals surface area contributed by atoms with Crippen LogP contribution in [0.25, 0.3) is 10.4 Å². The number of esters is 1. The minimum atomic E-state index is -0.967. The number of thioether (sulfide) groups is 1. The molecule has 1 saturated carbocycles. The summed E-state index contributed by atoms with van der Waals surface area (Å²) >= 11 is 1.56. The van der Waals surface area contributed by atoms with E-state index in [1.54, 1.807) is 36.9 Å². The number of aromatic amines is 1. The van der Waals surface area contributed by atoms with Gasteiger partial charge in [0.15, 0.2) is 5.78 Å². The third kappa shape index (κ3) is 16.5. The van der Waals surface area contributed by atoms with Crippen molar-refractivity contribution < 1.29 is 52.7 Å². The van der Waals surface area contributed by atoms with Gasteiger partial charge in [-0.05, 0) is 83.0 Å². The summed E-state index contributed by atoms with van der Waals surface area (Å²) in [6.45, 7) is 9.46. The zero-order valence-corrected chi connectivity index (χ0v) is 43.2. The maximum Gasteiger partial charge on any atom is 0.513 e. The van der Waals surface area contributed by atoms with Crippen LogP contribution in [0.15, 0.2) is 74.3 Å². The molecule has 6 rings (SSSR count). The van der Waals surface area contributed by atoms with Crippen molar-refractivity contribution in [2.24, 2.45) is 22.9 Å². The molecular formula is C49H64N6O13S3. The molecule has 19 nitrogen and oxygen atoms in total. The van der Waals surface area contributed by atoms with Gasteiger partial charge in [-0.25, -0.2) is 14.4 Å². The standard InChI is InChI=1S/C49H64N6O13S3/c1-30-25-55(46(60)51-44(30)58)43-24-37(52-53-50)42(66-43)28-65-47(61)63-18-20-70-71-21-19-64-48(62)67-41-17-11-16-36(31(41)2)39(56)23-34(29-69-35-14-7-6-8-15-35)40(57)27-54-26-33-13-10-9-12-32(33)22-38(54)45(59)68-49(3,4)5/h6-8,11,14-17,25,32-34,37-38,40,42-43,57H,9-10,12-13,18-24,26-29H2,1-5H3,(H,51,58,60)/t32-,33+,34-,37-,38-,40+,42+,43+/m0/s1. The maximum atomic E-state index is 14.1. The minimum Gasteiger partial charge on any atom is -0.459 e. The Labute approximate surface area is 424 Å². The Balaban J connectivity index is 0.940. The van der Waals surface area contributed by atoms with Crippen LogP contribution in [0.3, 0.4) is 0 Å². The lowest BCUT2D eigenvalue weighted by molar-refractivity contribution is -0.166. The van der Waals surface area contributed by atoms with Gasteiger partial charge in [-0.2, -0.15) is 0 Å². The molecule has 0 radical (unpaired) electrons. The average molecular weight is 1040 g/mol. The van der Waals surface area contributed by atoms with E-state index in [0.717, 1.165) is 30.6 Å². The molecule has 0 spiro atoms. The van der Waals surface area contributed by atoms with Gasteiger partial charge in [0.1, 0.15) is 49.5 Å². The number of likely N-dealkylation sites (tertiary alicyclic amines) is 1. The molecular weight excluding hydrogens is 977 g/mol. The lowest BCUT2D eigenvalue weighted by atomic mass is 9.72. The van der Waals surface area contributed by atoms with Crippen molar-refractivity contribution in [1.82, 2.24) is 14.5 Å². The summed E-state index contributed by atoms with van der Waals surface area (Å²) in [4.78, 5) is 85.0. The molecule has 2 saturated heterocycles. The van der Waals surface area contributed by atoms with Gasteiger partial charge in [-0.1, -0.05) is 76.3 Å². The summed E-state index contributed by atoms with van der Waals surface area (Å²) in [5.41, 5.74) is 8.25. The van der Waals surface area contributed by atoms with Crippen molar-refractivity contribution in [1.29, 1.82) is 0 Å². The van der Waals surface area contributed by atoms with Crippen molar-refractivity contribution in [3.63, 3.8) is 0 Å². The van der Waals surface area contributed by atoms with E-state index in [1.807, 2.05) is 51.1 Å². The molecule has 3 fully saturated rings. The summed E-state index contributed by atoms with van der Waals surface area (Å²) in [6.07, 6.45) is 2.12. The van der Waals surface area contributed by atoms with Crippen LogP contribution in [0, 0.1) is 31.6 Å². The van der Waals surface area contributed by atoms with E-state index in [-0.39, 0.29) is 56.7 Å². The number of H-pyrrole nitrogens is 1. The lowest BCUT2D eigenvalue weighted by Gasteiger charge is -2.46. The van der Waals surface area contributed by atoms with E-state index in [4.69, 9.17) is 34.0 Å². The van der Waals surface area contributed by atoms with Crippen molar-refractivity contribution in [2.75, 3.05) is 50.2 Å². The van der Waals surface area contributed by atoms with Crippen LogP contribution in [0.2, 0.25) is 0 Å². The van der Waals surface area contributed by atoms with Gasteiger partial charge >= 0.3 is 24.0 Å². The number of nitrogens with one attached hydrogen (secondary N) is 1. The number of benzene rings is 2. The number of piperidine rings is 1. The summed E-state index contributed by atoms with van der Waals surface area (Å²) in [6, 6.07) is 13.5. The van der Waals surface area contributed by atoms with Gasteiger partial charge in [0.2, 0.25) is 0 Å². The van der Waals surface area contributed by atoms with Crippen LogP contribution >= 0.6 is 33.3 Å². The molecule has 2 aromatic carbocycles. The fourth-order valence-corrected chi connectivity index (χ4v) is 11.8. The highest BCUT2D eigenvalue weighted by molar-refractivity contribution is 8.76. The number of hydrogen-bond acceptors (Lipinski definition) is 18. The molecule has 3 aliphatic rings. The van der Waals surface area contributed by atoms with Gasteiger partial charge in [0.05, 0.1) is 12.1 Å². The van der Waals surface area contributed by atoms with Crippen molar-refractivity contribution in [3.05, 3.63) is 103 Å². The Kier molecular flexibility index (Phi) is 20.8. The normalized spacial score (nSPS) is 22.0. The number of hydrogen-bond donors (Lipinski definition) is 2. The highest BCUT2D eigenvalue weighted by atomic mass is 33.1. The predicted octanol–water partition coefficient (Wildman–Crippen LogP) is 8.43. The third-order valence-corrected chi connectivity index (χ3v) is 16.2. The van der Waals surface area contributed by atoms with Crippen LogP contribution in [-0.2, 0) is 28.5 Å². The second kappa shape index (κ2) is 26.7. The van der Waals surface area contributed by atoms with Crippen LogP contribution in [0.5, 0.6) is 5.75 Å². The number of fused-ring (bicyclic) bond motifs is 1. The van der Waals surface area contributed by atoms with Gasteiger partial charge < -0.3 is 33.5 Å². The number of aliphatic hydroxyl groups excluding tert-OH is 1. The summed E-state index contributed by atoms with van der Waals surface area (Å²) in [5, 5.41) is 15.7. The molecule has 2 aliphatic heterocycles. The number of carbonyl (C=O) groups is 4. The lowest BCUT2D eigenvalue weighted by Crippen LogP contribution is -2.55. The van der Waals surface area contributed by atoms with Gasteiger partial charge in [-0.15, -0.1) is 11.8 Å². The number of ketones is 1. The molecule has 3 heterocycles. The molecule has 3 aromatic rings. The number of β-amino-alcohol motifs (C(OH)–C–C–N with tert-alkyl or cyclic N) is 1. The topological polar surface area (TPSA) is 251 Å². The molecule has 8 atom stereocenters. The number of Topliss-reactive ketones (excluding diaryl/α,β-unsaturated/α-hetero) is 1. The van der Waals surface area contributed by atoms with E-state index in [9.17, 15) is 33.9 Å². The first-order chi connectivity index (χ1) is 34.0. The number of carbonyl (C=O) groups excluding carboxylic acids is 4. The Morgan fingerprint density at radius 1 is 0.944 bits per heavy atom. The number of rotatable bonds is 22. The Bertz CT molecular complexity index is 2460. The summed E-state index contributed by atoms with van der Waals surface area (Å²) < 4.78 is 34.1. The van der Waals surface area contributed by atoms with E-state index >= 15 is 0 Å². The van der Waals surface area contributed by atoms with Gasteiger partial charge in [0.25, 0.3) is 5.56 Å². The van der Waals surface area contributed by atoms with E-state index < -0.39 is 65.6 Å². The third-order valence-electron chi connectivity index (χ3n) is 12.7. The van der Waals surface area contributed by atoms with Gasteiger partial charge in [-0.3, -0.25) is 28.8 Å². The Morgan fingerprint density at radius 3 is 2.35 bits per heavy atom. The van der Waals surface area contributed by atoms with E-state index in [1.165, 1.54) is 39.3 Å². The number of azide groups is 1. The van der Waals surface area contributed by atoms with Crippen LogP contribution < -0.4 is 16.0 Å². The summed E-state index contributed by atoms with van der Waals surface area (Å²) in [7, 11) is 2.75. The molecule has 71 heavy (non-hydrogen) atoms. The van der Waals surface area contributed by atoms with Crippen molar-refractivity contribution in [2.45, 2.75) is 121 Å². The zero-order chi connectivity index (χ0) is 51.1. The maximum absolute atomic E-state index is 14.1. The minimum absolute atomic E-state index is 0.00704. The number of ether oxygens (including phenoxy) is 6. The molecule has 22 heteroatoms. The first-order valence-corrected chi connectivity index (χ1v) is 27.3. The quantitative estimate of drug-likeness (QED) is 0.00915. The fraction of sp³-hybridized carbons (Fsp3) is 0.592. The second-order valence-electron chi connectivity index (χ2n) is 18.9. The number of aromatic nitrogens is 2. The highest BCUT2D eigenvalue weighted by Crippen LogP contribution is 2.40. The summed E-state index contributed by atoms with van der Waals surface area (Å²) in [5.74, 6) is 1.32. The smallest absolute Gasteiger partial charge is 0.459 e. The predicted molar refractivity (Wildman–Crippen MR) is 270 cm³/mol. The first kappa shape index (κ1) is 55.4. The molecule has 0 bridgehead atoms.